The Morgan fingerprint density at radius 2 is 1.59 bits per heavy atom. The highest BCUT2D eigenvalue weighted by atomic mass is 16.5. The van der Waals surface area contributed by atoms with Gasteiger partial charge in [0.1, 0.15) is 23.6 Å². The maximum absolute atomic E-state index is 10.00. The molecule has 0 fully saturated rings. The molecule has 4 aromatic rings. The molecule has 0 atom stereocenters. The number of fused-ring (bicyclic) bond motifs is 1. The number of aromatic nitrogens is 1. The summed E-state index contributed by atoms with van der Waals surface area (Å²) in [7, 11) is 0. The van der Waals surface area contributed by atoms with Crippen molar-refractivity contribution in [2.75, 3.05) is 0 Å². The second kappa shape index (κ2) is 7.75. The minimum Gasteiger partial charge on any atom is -0.506 e. The molecule has 0 aliphatic heterocycles. The smallest absolute Gasteiger partial charge is 0.141 e. The topological polar surface area (TPSA) is 42.4 Å². The van der Waals surface area contributed by atoms with Crippen molar-refractivity contribution in [1.82, 2.24) is 4.98 Å². The van der Waals surface area contributed by atoms with E-state index in [1.807, 2.05) is 91.0 Å². The third-order valence-electron chi connectivity index (χ3n) is 4.31. The maximum Gasteiger partial charge on any atom is 0.141 e. The molecule has 0 radical (unpaired) electrons. The molecule has 3 heteroatoms. The van der Waals surface area contributed by atoms with Gasteiger partial charge in [-0.3, -0.25) is 0 Å². The van der Waals surface area contributed by atoms with E-state index in [1.54, 1.807) is 6.07 Å². The lowest BCUT2D eigenvalue weighted by molar-refractivity contribution is 0.305. The number of hydrogen-bond donors (Lipinski definition) is 1. The van der Waals surface area contributed by atoms with Crippen LogP contribution in [0.3, 0.4) is 0 Å². The van der Waals surface area contributed by atoms with Gasteiger partial charge in [0.15, 0.2) is 0 Å². The van der Waals surface area contributed by atoms with Crippen molar-refractivity contribution in [2.24, 2.45) is 0 Å². The van der Waals surface area contributed by atoms with Gasteiger partial charge in [-0.1, -0.05) is 66.7 Å². The highest BCUT2D eigenvalue weighted by molar-refractivity contribution is 5.85. The SMILES string of the molecule is Oc1cccc2ccc(C=Cc3ccccc3OCc3ccccc3)nc12. The highest BCUT2D eigenvalue weighted by Crippen LogP contribution is 2.24. The van der Waals surface area contributed by atoms with E-state index >= 15 is 0 Å². The number of phenolic OH excluding ortho intramolecular Hbond substituents is 1. The first kappa shape index (κ1) is 16.9. The Kier molecular flexibility index (Phi) is 4.84. The maximum atomic E-state index is 10.00. The van der Waals surface area contributed by atoms with Crippen LogP contribution in [0.15, 0.2) is 84.9 Å². The van der Waals surface area contributed by atoms with Gasteiger partial charge in [0, 0.05) is 10.9 Å². The number of hydrogen-bond acceptors (Lipinski definition) is 3. The monoisotopic (exact) mass is 353 g/mol. The average Bonchev–Trinajstić information content (AvgIpc) is 2.72. The Labute approximate surface area is 158 Å². The lowest BCUT2D eigenvalue weighted by Gasteiger charge is -2.09. The van der Waals surface area contributed by atoms with E-state index in [-0.39, 0.29) is 5.75 Å². The molecule has 0 saturated carbocycles. The van der Waals surface area contributed by atoms with Gasteiger partial charge in [0.25, 0.3) is 0 Å². The van der Waals surface area contributed by atoms with Crippen molar-refractivity contribution in [3.05, 3.63) is 102 Å². The third kappa shape index (κ3) is 3.98. The zero-order valence-electron chi connectivity index (χ0n) is 14.7. The fourth-order valence-electron chi connectivity index (χ4n) is 2.90. The Morgan fingerprint density at radius 1 is 0.778 bits per heavy atom. The number of benzene rings is 3. The molecule has 27 heavy (non-hydrogen) atoms. The summed E-state index contributed by atoms with van der Waals surface area (Å²) in [6.07, 6.45) is 3.91. The van der Waals surface area contributed by atoms with Crippen LogP contribution in [0.5, 0.6) is 11.5 Å². The molecule has 0 unspecified atom stereocenters. The van der Waals surface area contributed by atoms with E-state index in [0.717, 1.165) is 28.0 Å². The van der Waals surface area contributed by atoms with Gasteiger partial charge in [-0.05, 0) is 35.9 Å². The quantitative estimate of drug-likeness (QED) is 0.501. The Balaban J connectivity index is 1.56. The summed E-state index contributed by atoms with van der Waals surface area (Å²) in [6, 6.07) is 27.3. The van der Waals surface area contributed by atoms with Gasteiger partial charge in [-0.2, -0.15) is 0 Å². The molecule has 0 aliphatic carbocycles. The van der Waals surface area contributed by atoms with Crippen LogP contribution < -0.4 is 4.74 Å². The number of para-hydroxylation sites is 2. The van der Waals surface area contributed by atoms with Crippen LogP contribution >= 0.6 is 0 Å². The van der Waals surface area contributed by atoms with E-state index < -0.39 is 0 Å². The molecule has 1 aromatic heterocycles. The van der Waals surface area contributed by atoms with E-state index in [4.69, 9.17) is 4.74 Å². The van der Waals surface area contributed by atoms with E-state index in [2.05, 4.69) is 4.98 Å². The van der Waals surface area contributed by atoms with Crippen LogP contribution in [0, 0.1) is 0 Å². The fraction of sp³-hybridized carbons (Fsp3) is 0.0417. The van der Waals surface area contributed by atoms with Crippen molar-refractivity contribution in [1.29, 1.82) is 0 Å². The molecule has 0 bridgehead atoms. The van der Waals surface area contributed by atoms with Crippen LogP contribution in [0.4, 0.5) is 0 Å². The van der Waals surface area contributed by atoms with Gasteiger partial charge in [-0.25, -0.2) is 4.98 Å². The lowest BCUT2D eigenvalue weighted by atomic mass is 10.1. The number of nitrogens with zero attached hydrogens (tertiary/aromatic N) is 1. The van der Waals surface area contributed by atoms with Gasteiger partial charge >= 0.3 is 0 Å². The third-order valence-corrected chi connectivity index (χ3v) is 4.31. The standard InChI is InChI=1S/C24H19NO2/c26-22-11-6-10-20-14-16-21(25-24(20)22)15-13-19-9-4-5-12-23(19)27-17-18-7-2-1-3-8-18/h1-16,26H,17H2. The summed E-state index contributed by atoms with van der Waals surface area (Å²) in [5, 5.41) is 10.9. The van der Waals surface area contributed by atoms with Crippen LogP contribution in [-0.2, 0) is 6.61 Å². The van der Waals surface area contributed by atoms with Crippen LogP contribution in [0.25, 0.3) is 23.1 Å². The lowest BCUT2D eigenvalue weighted by Crippen LogP contribution is -1.96. The van der Waals surface area contributed by atoms with E-state index in [9.17, 15) is 5.11 Å². The summed E-state index contributed by atoms with van der Waals surface area (Å²) in [5.74, 6) is 1.01. The predicted octanol–water partition coefficient (Wildman–Crippen LogP) is 5.69. The molecule has 0 spiro atoms. The molecule has 4 rings (SSSR count). The van der Waals surface area contributed by atoms with Crippen molar-refractivity contribution in [2.45, 2.75) is 6.61 Å². The first-order valence-electron chi connectivity index (χ1n) is 8.82. The first-order valence-corrected chi connectivity index (χ1v) is 8.82. The predicted molar refractivity (Wildman–Crippen MR) is 110 cm³/mol. The molecular weight excluding hydrogens is 334 g/mol. The van der Waals surface area contributed by atoms with Crippen LogP contribution in [-0.4, -0.2) is 10.1 Å². The van der Waals surface area contributed by atoms with Crippen LogP contribution in [0.1, 0.15) is 16.8 Å². The first-order chi connectivity index (χ1) is 13.3. The molecule has 1 N–H and O–H groups in total. The summed E-state index contributed by atoms with van der Waals surface area (Å²) in [6.45, 7) is 0.522. The Morgan fingerprint density at radius 3 is 2.48 bits per heavy atom. The second-order valence-electron chi connectivity index (χ2n) is 6.23. The van der Waals surface area contributed by atoms with Crippen molar-refractivity contribution in [3.63, 3.8) is 0 Å². The molecule has 3 aromatic carbocycles. The minimum absolute atomic E-state index is 0.189. The summed E-state index contributed by atoms with van der Waals surface area (Å²) < 4.78 is 5.99. The zero-order valence-corrected chi connectivity index (χ0v) is 14.7. The summed E-state index contributed by atoms with van der Waals surface area (Å²) >= 11 is 0. The van der Waals surface area contributed by atoms with Gasteiger partial charge < -0.3 is 9.84 Å². The van der Waals surface area contributed by atoms with Gasteiger partial charge in [0.2, 0.25) is 0 Å². The van der Waals surface area contributed by atoms with Crippen molar-refractivity contribution < 1.29 is 9.84 Å². The van der Waals surface area contributed by atoms with Crippen LogP contribution in [0.2, 0.25) is 0 Å². The summed E-state index contributed by atoms with van der Waals surface area (Å²) in [4.78, 5) is 4.54. The zero-order chi connectivity index (χ0) is 18.5. The highest BCUT2D eigenvalue weighted by Gasteiger charge is 2.03. The van der Waals surface area contributed by atoms with Crippen molar-refractivity contribution >= 4 is 23.1 Å². The molecule has 0 aliphatic rings. The fourth-order valence-corrected chi connectivity index (χ4v) is 2.90. The Hall–Kier alpha value is -3.59. The Bertz CT molecular complexity index is 1090. The van der Waals surface area contributed by atoms with E-state index in [0.29, 0.717) is 12.1 Å². The average molecular weight is 353 g/mol. The molecule has 0 amide bonds. The molecule has 1 heterocycles. The molecular formula is C24H19NO2. The number of rotatable bonds is 5. The molecule has 132 valence electrons. The molecule has 3 nitrogen and oxygen atoms in total. The number of aromatic hydroxyl groups is 1. The number of phenols is 1. The second-order valence-corrected chi connectivity index (χ2v) is 6.23. The number of ether oxygens (including phenoxy) is 1. The largest absolute Gasteiger partial charge is 0.506 e. The van der Waals surface area contributed by atoms with Gasteiger partial charge in [-0.15, -0.1) is 0 Å². The molecule has 0 saturated heterocycles. The number of pyridine rings is 1. The normalized spacial score (nSPS) is 11.1. The van der Waals surface area contributed by atoms with Gasteiger partial charge in [0.05, 0.1) is 5.69 Å². The van der Waals surface area contributed by atoms with Crippen molar-refractivity contribution in [3.8, 4) is 11.5 Å². The minimum atomic E-state index is 0.189. The summed E-state index contributed by atoms with van der Waals surface area (Å²) in [5.41, 5.74) is 3.49. The van der Waals surface area contributed by atoms with E-state index in [1.165, 1.54) is 0 Å².